The van der Waals surface area contributed by atoms with Gasteiger partial charge in [-0.25, -0.2) is 4.79 Å². The van der Waals surface area contributed by atoms with Crippen LogP contribution in [-0.4, -0.2) is 72.5 Å². The molecular formula is C35H38N4O6. The molecule has 2 aliphatic rings. The van der Waals surface area contributed by atoms with Crippen LogP contribution in [0, 0.1) is 5.92 Å². The van der Waals surface area contributed by atoms with Crippen molar-refractivity contribution in [1.29, 1.82) is 0 Å². The summed E-state index contributed by atoms with van der Waals surface area (Å²) in [6.45, 7) is 5.50. The van der Waals surface area contributed by atoms with Crippen LogP contribution >= 0.6 is 0 Å². The summed E-state index contributed by atoms with van der Waals surface area (Å²) in [6.07, 6.45) is -0.340. The van der Waals surface area contributed by atoms with E-state index in [0.717, 1.165) is 27.8 Å². The van der Waals surface area contributed by atoms with Crippen LogP contribution in [0.5, 0.6) is 17.2 Å². The van der Waals surface area contributed by atoms with Crippen LogP contribution in [-0.2, 0) is 6.54 Å². The summed E-state index contributed by atoms with van der Waals surface area (Å²) in [5.74, 6) is 1.42. The molecule has 45 heavy (non-hydrogen) atoms. The van der Waals surface area contributed by atoms with E-state index in [2.05, 4.69) is 15.5 Å². The SMILES string of the molecule is C[C@H]1CN([C@@H](C)CO)C(=O)c2cccc(NC(=O)Nc3cccc4ccccc34)c2O[C@H]1CN(C)Cc1ccc2c(c1)OCO2. The van der Waals surface area contributed by atoms with Crippen molar-refractivity contribution in [3.8, 4) is 17.2 Å². The number of carbonyl (C=O) groups is 2. The molecule has 10 nitrogen and oxygen atoms in total. The lowest BCUT2D eigenvalue weighted by Crippen LogP contribution is -2.49. The van der Waals surface area contributed by atoms with E-state index in [0.29, 0.717) is 42.3 Å². The lowest BCUT2D eigenvalue weighted by atomic mass is 9.98. The Morgan fingerprint density at radius 1 is 1.00 bits per heavy atom. The predicted octanol–water partition coefficient (Wildman–Crippen LogP) is 5.56. The normalized spacial score (nSPS) is 18.2. The average Bonchev–Trinajstić information content (AvgIpc) is 3.51. The van der Waals surface area contributed by atoms with Crippen molar-refractivity contribution in [2.45, 2.75) is 32.5 Å². The smallest absolute Gasteiger partial charge is 0.323 e. The summed E-state index contributed by atoms with van der Waals surface area (Å²) >= 11 is 0. The largest absolute Gasteiger partial charge is 0.486 e. The summed E-state index contributed by atoms with van der Waals surface area (Å²) in [6, 6.07) is 23.8. The van der Waals surface area contributed by atoms with Crippen LogP contribution in [0.2, 0.25) is 0 Å². The molecule has 0 spiro atoms. The number of likely N-dealkylation sites (N-methyl/N-ethyl adjacent to an activating group) is 1. The quantitative estimate of drug-likeness (QED) is 0.239. The molecule has 0 aromatic heterocycles. The zero-order valence-electron chi connectivity index (χ0n) is 25.7. The molecule has 0 aliphatic carbocycles. The van der Waals surface area contributed by atoms with Crippen LogP contribution in [0.1, 0.15) is 29.8 Å². The Labute approximate surface area is 262 Å². The fourth-order valence-electron chi connectivity index (χ4n) is 5.89. The molecule has 0 radical (unpaired) electrons. The van der Waals surface area contributed by atoms with Crippen molar-refractivity contribution in [2.24, 2.45) is 5.92 Å². The Balaban J connectivity index is 1.27. The molecular weight excluding hydrogens is 572 g/mol. The summed E-state index contributed by atoms with van der Waals surface area (Å²) in [4.78, 5) is 31.0. The standard InChI is InChI=1S/C35H38N4O6/c1-22-17-39(23(2)20-40)34(41)27-11-7-13-29(37-35(42)36-28-12-6-9-25-8-4-5-10-26(25)28)33(27)45-32(22)19-38(3)18-24-14-15-30-31(16-24)44-21-43-30/h4-16,22-23,32,40H,17-21H2,1-3H3,(H2,36,37,42)/t22-,23-,32-/m0/s1. The maximum atomic E-state index is 13.8. The van der Waals surface area contributed by atoms with E-state index >= 15 is 0 Å². The summed E-state index contributed by atoms with van der Waals surface area (Å²) in [7, 11) is 2.02. The van der Waals surface area contributed by atoms with Crippen LogP contribution in [0.25, 0.3) is 10.8 Å². The van der Waals surface area contributed by atoms with E-state index < -0.39 is 12.1 Å². The first-order chi connectivity index (χ1) is 21.8. The van der Waals surface area contributed by atoms with Crippen molar-refractivity contribution in [2.75, 3.05) is 44.2 Å². The van der Waals surface area contributed by atoms with Crippen molar-refractivity contribution in [1.82, 2.24) is 9.80 Å². The molecule has 0 saturated heterocycles. The van der Waals surface area contributed by atoms with Crippen molar-refractivity contribution < 1.29 is 28.9 Å². The van der Waals surface area contributed by atoms with Gasteiger partial charge in [0.2, 0.25) is 6.79 Å². The minimum absolute atomic E-state index is 0.0899. The van der Waals surface area contributed by atoms with Crippen molar-refractivity contribution >= 4 is 34.1 Å². The number of ether oxygens (including phenoxy) is 3. The average molecular weight is 611 g/mol. The number of nitrogens with zero attached hydrogens (tertiary/aromatic N) is 2. The molecule has 10 heteroatoms. The molecule has 6 rings (SSSR count). The Morgan fingerprint density at radius 3 is 2.58 bits per heavy atom. The Hall–Kier alpha value is -4.80. The molecule has 0 bridgehead atoms. The number of amides is 3. The van der Waals surface area contributed by atoms with Gasteiger partial charge in [-0.3, -0.25) is 9.69 Å². The third-order valence-corrected chi connectivity index (χ3v) is 8.36. The molecule has 3 N–H and O–H groups in total. The van der Waals surface area contributed by atoms with E-state index in [-0.39, 0.29) is 31.3 Å². The molecule has 0 saturated carbocycles. The Bertz CT molecular complexity index is 1710. The van der Waals surface area contributed by atoms with Gasteiger partial charge < -0.3 is 34.9 Å². The van der Waals surface area contributed by atoms with Gasteiger partial charge in [-0.15, -0.1) is 0 Å². The number of hydrogen-bond acceptors (Lipinski definition) is 7. The van der Waals surface area contributed by atoms with Crippen molar-refractivity contribution in [3.63, 3.8) is 0 Å². The van der Waals surface area contributed by atoms with Gasteiger partial charge in [-0.2, -0.15) is 0 Å². The molecule has 234 valence electrons. The van der Waals surface area contributed by atoms with E-state index in [9.17, 15) is 14.7 Å². The number of aliphatic hydroxyl groups is 1. The van der Waals surface area contributed by atoms with Crippen LogP contribution in [0.4, 0.5) is 16.2 Å². The maximum Gasteiger partial charge on any atom is 0.323 e. The number of benzene rings is 4. The van der Waals surface area contributed by atoms with Gasteiger partial charge >= 0.3 is 6.03 Å². The number of hydrogen-bond donors (Lipinski definition) is 3. The van der Waals surface area contributed by atoms with E-state index in [4.69, 9.17) is 14.2 Å². The first-order valence-electron chi connectivity index (χ1n) is 15.1. The second-order valence-corrected chi connectivity index (χ2v) is 11.8. The first-order valence-corrected chi connectivity index (χ1v) is 15.1. The number of anilines is 2. The van der Waals surface area contributed by atoms with Crippen LogP contribution in [0.3, 0.4) is 0 Å². The monoisotopic (exact) mass is 610 g/mol. The van der Waals surface area contributed by atoms with Gasteiger partial charge in [0, 0.05) is 30.9 Å². The van der Waals surface area contributed by atoms with E-state index in [1.807, 2.05) is 81.6 Å². The maximum absolute atomic E-state index is 13.8. The summed E-state index contributed by atoms with van der Waals surface area (Å²) < 4.78 is 17.7. The number of urea groups is 1. The molecule has 3 amide bonds. The predicted molar refractivity (Wildman–Crippen MR) is 173 cm³/mol. The zero-order chi connectivity index (χ0) is 31.5. The van der Waals surface area contributed by atoms with Gasteiger partial charge in [0.05, 0.1) is 29.6 Å². The highest BCUT2D eigenvalue weighted by atomic mass is 16.7. The second kappa shape index (κ2) is 13.1. The molecule has 0 fully saturated rings. The molecule has 0 unspecified atom stereocenters. The highest BCUT2D eigenvalue weighted by Crippen LogP contribution is 2.36. The lowest BCUT2D eigenvalue weighted by molar-refractivity contribution is 0.0343. The minimum Gasteiger partial charge on any atom is -0.486 e. The van der Waals surface area contributed by atoms with Crippen LogP contribution < -0.4 is 24.8 Å². The van der Waals surface area contributed by atoms with Gasteiger partial charge in [-0.1, -0.05) is 55.5 Å². The molecule has 4 aromatic rings. The number of nitrogens with one attached hydrogen (secondary N) is 2. The number of fused-ring (bicyclic) bond motifs is 3. The van der Waals surface area contributed by atoms with Gasteiger partial charge in [-0.05, 0) is 55.3 Å². The van der Waals surface area contributed by atoms with E-state index in [1.165, 1.54) is 0 Å². The highest BCUT2D eigenvalue weighted by molar-refractivity contribution is 6.08. The number of para-hydroxylation sites is 1. The van der Waals surface area contributed by atoms with Crippen molar-refractivity contribution in [3.05, 3.63) is 90.0 Å². The third-order valence-electron chi connectivity index (χ3n) is 8.36. The highest BCUT2D eigenvalue weighted by Gasteiger charge is 2.34. The molecule has 4 aromatic carbocycles. The first kappa shape index (κ1) is 30.2. The van der Waals surface area contributed by atoms with Crippen LogP contribution in [0.15, 0.2) is 78.9 Å². The minimum atomic E-state index is -0.456. The lowest BCUT2D eigenvalue weighted by Gasteiger charge is -2.38. The fourth-order valence-corrected chi connectivity index (χ4v) is 5.89. The van der Waals surface area contributed by atoms with Gasteiger partial charge in [0.1, 0.15) is 6.10 Å². The topological polar surface area (TPSA) is 113 Å². The number of carbonyl (C=O) groups excluding carboxylic acids is 2. The molecule has 2 heterocycles. The molecule has 3 atom stereocenters. The zero-order valence-corrected chi connectivity index (χ0v) is 25.7. The Kier molecular flexibility index (Phi) is 8.77. The summed E-state index contributed by atoms with van der Waals surface area (Å²) in [5.41, 5.74) is 2.45. The second-order valence-electron chi connectivity index (χ2n) is 11.8. The number of aliphatic hydroxyl groups excluding tert-OH is 1. The summed E-state index contributed by atoms with van der Waals surface area (Å²) in [5, 5.41) is 17.8. The van der Waals surface area contributed by atoms with Gasteiger partial charge in [0.25, 0.3) is 5.91 Å². The molecule has 2 aliphatic heterocycles. The van der Waals surface area contributed by atoms with E-state index in [1.54, 1.807) is 23.1 Å². The fraction of sp³-hybridized carbons (Fsp3) is 0.314. The third kappa shape index (κ3) is 6.52. The number of rotatable bonds is 8. The Morgan fingerprint density at radius 2 is 1.73 bits per heavy atom. The van der Waals surface area contributed by atoms with Gasteiger partial charge in [0.15, 0.2) is 17.2 Å².